The van der Waals surface area contributed by atoms with Crippen LogP contribution in [0.15, 0.2) is 72.9 Å². The second-order valence-electron chi connectivity index (χ2n) is 9.26. The highest BCUT2D eigenvalue weighted by atomic mass is 19.1. The highest BCUT2D eigenvalue weighted by molar-refractivity contribution is 6.03. The van der Waals surface area contributed by atoms with E-state index < -0.39 is 23.7 Å². The number of halogens is 1. The van der Waals surface area contributed by atoms with E-state index in [1.807, 2.05) is 42.5 Å². The molecule has 1 atom stereocenters. The largest absolute Gasteiger partial charge is 0.484 e. The minimum absolute atomic E-state index is 0.0458. The van der Waals surface area contributed by atoms with Gasteiger partial charge in [0.15, 0.2) is 17.1 Å². The van der Waals surface area contributed by atoms with E-state index in [0.717, 1.165) is 11.6 Å². The van der Waals surface area contributed by atoms with Crippen LogP contribution in [0.25, 0.3) is 0 Å². The monoisotopic (exact) mass is 542 g/mol. The number of nitrogens with one attached hydrogen (secondary N) is 2. The Balaban J connectivity index is 1.52. The Hall–Kier alpha value is -5.06. The fraction of sp³-hybridized carbons (Fsp3) is 0.207. The molecule has 0 saturated carbocycles. The van der Waals surface area contributed by atoms with E-state index >= 15 is 0 Å². The maximum absolute atomic E-state index is 13.8. The Morgan fingerprint density at radius 3 is 2.58 bits per heavy atom. The van der Waals surface area contributed by atoms with E-state index in [1.54, 1.807) is 24.2 Å². The van der Waals surface area contributed by atoms with Gasteiger partial charge in [0.1, 0.15) is 18.5 Å². The van der Waals surface area contributed by atoms with Crippen LogP contribution < -0.4 is 15.4 Å². The number of amides is 3. The molecular weight excluding hydrogens is 515 g/mol. The molecule has 2 aromatic carbocycles. The Labute approximate surface area is 229 Å². The van der Waals surface area contributed by atoms with Gasteiger partial charge in [-0.25, -0.2) is 9.07 Å². The SMILES string of the molecule is CNC(=O)c1cc(F)ccc1CNC(=O)c1nn2c(c1OCc1ccccc1)C(=O)N(C)CC2c1ccccn1. The number of benzene rings is 2. The molecule has 0 bridgehead atoms. The van der Waals surface area contributed by atoms with Crippen LogP contribution in [0.4, 0.5) is 4.39 Å². The number of pyridine rings is 1. The summed E-state index contributed by atoms with van der Waals surface area (Å²) in [6, 6.07) is 18.1. The van der Waals surface area contributed by atoms with Crippen molar-refractivity contribution in [1.29, 1.82) is 0 Å². The molecule has 3 amide bonds. The zero-order valence-electron chi connectivity index (χ0n) is 21.9. The van der Waals surface area contributed by atoms with Crippen LogP contribution in [0.3, 0.4) is 0 Å². The number of rotatable bonds is 8. The highest BCUT2D eigenvalue weighted by Gasteiger charge is 2.38. The van der Waals surface area contributed by atoms with E-state index in [9.17, 15) is 18.8 Å². The van der Waals surface area contributed by atoms with Crippen molar-refractivity contribution in [2.24, 2.45) is 0 Å². The van der Waals surface area contributed by atoms with E-state index in [0.29, 0.717) is 17.8 Å². The molecule has 1 aliphatic rings. The normalized spacial score (nSPS) is 14.4. The Morgan fingerprint density at radius 1 is 1.07 bits per heavy atom. The summed E-state index contributed by atoms with van der Waals surface area (Å²) >= 11 is 0. The number of hydrogen-bond acceptors (Lipinski definition) is 6. The van der Waals surface area contributed by atoms with Crippen LogP contribution in [0, 0.1) is 5.82 Å². The molecule has 3 heterocycles. The van der Waals surface area contributed by atoms with Crippen molar-refractivity contribution in [3.05, 3.63) is 113 Å². The lowest BCUT2D eigenvalue weighted by Crippen LogP contribution is -2.41. The van der Waals surface area contributed by atoms with Crippen molar-refractivity contribution in [1.82, 2.24) is 30.3 Å². The van der Waals surface area contributed by atoms with Crippen LogP contribution in [-0.2, 0) is 13.2 Å². The van der Waals surface area contributed by atoms with Crippen LogP contribution in [0.1, 0.15) is 54.2 Å². The molecule has 0 fully saturated rings. The van der Waals surface area contributed by atoms with Gasteiger partial charge < -0.3 is 20.3 Å². The lowest BCUT2D eigenvalue weighted by molar-refractivity contribution is 0.0715. The topological polar surface area (TPSA) is 118 Å². The summed E-state index contributed by atoms with van der Waals surface area (Å²) in [6.07, 6.45) is 1.65. The quantitative estimate of drug-likeness (QED) is 0.354. The van der Waals surface area contributed by atoms with Gasteiger partial charge in [0, 0.05) is 38.9 Å². The number of fused-ring (bicyclic) bond motifs is 1. The van der Waals surface area contributed by atoms with E-state index in [4.69, 9.17) is 4.74 Å². The molecule has 0 saturated heterocycles. The molecule has 1 unspecified atom stereocenters. The first-order chi connectivity index (χ1) is 19.4. The predicted molar refractivity (Wildman–Crippen MR) is 143 cm³/mol. The average Bonchev–Trinajstić information content (AvgIpc) is 3.37. The van der Waals surface area contributed by atoms with E-state index in [-0.39, 0.29) is 41.8 Å². The third kappa shape index (κ3) is 5.26. The molecule has 1 aliphatic heterocycles. The van der Waals surface area contributed by atoms with Gasteiger partial charge in [0.2, 0.25) is 0 Å². The number of aromatic nitrogens is 3. The number of likely N-dealkylation sites (N-methyl/N-ethyl adjacent to an activating group) is 1. The molecule has 40 heavy (non-hydrogen) atoms. The van der Waals surface area contributed by atoms with E-state index in [2.05, 4.69) is 20.7 Å². The third-order valence-electron chi connectivity index (χ3n) is 6.61. The lowest BCUT2D eigenvalue weighted by Gasteiger charge is -2.30. The second-order valence-corrected chi connectivity index (χ2v) is 9.26. The van der Waals surface area contributed by atoms with Gasteiger partial charge in [-0.15, -0.1) is 0 Å². The molecule has 2 aromatic heterocycles. The number of nitrogens with zero attached hydrogens (tertiary/aromatic N) is 4. The van der Waals surface area contributed by atoms with E-state index in [1.165, 1.54) is 23.9 Å². The standard InChI is InChI=1S/C29H27FN6O4/c1-31-27(37)21-14-20(30)12-11-19(21)15-33-28(38)24-26(40-17-18-8-4-3-5-9-18)25-29(39)35(2)16-23(36(25)34-24)22-10-6-7-13-32-22/h3-14,23H,15-17H2,1-2H3,(H,31,37)(H,33,38). The average molecular weight is 543 g/mol. The number of carbonyl (C=O) groups excluding carboxylic acids is 3. The Bertz CT molecular complexity index is 1560. The maximum Gasteiger partial charge on any atom is 0.275 e. The third-order valence-corrected chi connectivity index (χ3v) is 6.61. The summed E-state index contributed by atoms with van der Waals surface area (Å²) in [5, 5.41) is 9.77. The van der Waals surface area contributed by atoms with Crippen molar-refractivity contribution in [2.75, 3.05) is 20.6 Å². The maximum atomic E-state index is 13.8. The van der Waals surface area contributed by atoms with Gasteiger partial charge >= 0.3 is 0 Å². The van der Waals surface area contributed by atoms with Crippen molar-refractivity contribution in [3.63, 3.8) is 0 Å². The van der Waals surface area contributed by atoms with Gasteiger partial charge in [0.25, 0.3) is 17.7 Å². The van der Waals surface area contributed by atoms with Crippen LogP contribution in [-0.4, -0.2) is 58.0 Å². The summed E-state index contributed by atoms with van der Waals surface area (Å²) in [5.41, 5.74) is 2.07. The zero-order chi connectivity index (χ0) is 28.2. The first-order valence-electron chi connectivity index (χ1n) is 12.6. The molecule has 204 valence electrons. The molecule has 2 N–H and O–H groups in total. The van der Waals surface area contributed by atoms with Gasteiger partial charge in [-0.05, 0) is 35.4 Å². The number of carbonyl (C=O) groups is 3. The lowest BCUT2D eigenvalue weighted by atomic mass is 10.1. The predicted octanol–water partition coefficient (Wildman–Crippen LogP) is 2.96. The highest BCUT2D eigenvalue weighted by Crippen LogP contribution is 2.34. The van der Waals surface area contributed by atoms with Crippen molar-refractivity contribution < 1.29 is 23.5 Å². The summed E-state index contributed by atoms with van der Waals surface area (Å²) in [7, 11) is 3.11. The fourth-order valence-electron chi connectivity index (χ4n) is 4.56. The molecule has 0 radical (unpaired) electrons. The summed E-state index contributed by atoms with van der Waals surface area (Å²) in [4.78, 5) is 45.2. The van der Waals surface area contributed by atoms with Crippen molar-refractivity contribution in [3.8, 4) is 5.75 Å². The molecule has 4 aromatic rings. The summed E-state index contributed by atoms with van der Waals surface area (Å²) in [5.74, 6) is -1.98. The molecule has 5 rings (SSSR count). The first-order valence-corrected chi connectivity index (χ1v) is 12.6. The van der Waals surface area contributed by atoms with Crippen LogP contribution in [0.5, 0.6) is 5.75 Å². The van der Waals surface area contributed by atoms with Gasteiger partial charge in [-0.3, -0.25) is 19.4 Å². The second kappa shape index (κ2) is 11.4. The molecule has 0 aliphatic carbocycles. The number of ether oxygens (including phenoxy) is 1. The summed E-state index contributed by atoms with van der Waals surface area (Å²) in [6.45, 7) is 0.318. The van der Waals surface area contributed by atoms with Gasteiger partial charge in [-0.1, -0.05) is 42.5 Å². The van der Waals surface area contributed by atoms with Crippen LogP contribution in [0.2, 0.25) is 0 Å². The zero-order valence-corrected chi connectivity index (χ0v) is 21.9. The smallest absolute Gasteiger partial charge is 0.275 e. The molecule has 0 spiro atoms. The first kappa shape index (κ1) is 26.5. The minimum atomic E-state index is -0.618. The molecular formula is C29H27FN6O4. The molecule has 10 nitrogen and oxygen atoms in total. The Kier molecular flexibility index (Phi) is 7.54. The Morgan fingerprint density at radius 2 is 1.85 bits per heavy atom. The van der Waals surface area contributed by atoms with Gasteiger partial charge in [-0.2, -0.15) is 5.10 Å². The number of hydrogen-bond donors (Lipinski definition) is 2. The summed E-state index contributed by atoms with van der Waals surface area (Å²) < 4.78 is 21.4. The van der Waals surface area contributed by atoms with Crippen molar-refractivity contribution >= 4 is 17.7 Å². The fourth-order valence-corrected chi connectivity index (χ4v) is 4.56. The minimum Gasteiger partial charge on any atom is -0.484 e. The van der Waals surface area contributed by atoms with Crippen LogP contribution >= 0.6 is 0 Å². The molecule has 11 heteroatoms. The van der Waals surface area contributed by atoms with Crippen molar-refractivity contribution in [2.45, 2.75) is 19.2 Å². The van der Waals surface area contributed by atoms with Gasteiger partial charge in [0.05, 0.1) is 5.69 Å².